The maximum absolute atomic E-state index is 12.0. The van der Waals surface area contributed by atoms with Crippen LogP contribution in [0.25, 0.3) is 5.70 Å². The van der Waals surface area contributed by atoms with Gasteiger partial charge < -0.3 is 11.1 Å². The molecule has 0 fully saturated rings. The highest BCUT2D eigenvalue weighted by Gasteiger charge is 2.30. The quantitative estimate of drug-likeness (QED) is 0.835. The normalized spacial score (nSPS) is 18.9. The number of nitrogens with two attached hydrogens (primary N) is 1. The summed E-state index contributed by atoms with van der Waals surface area (Å²) in [6.45, 7) is 8.64. The molecular formula is C18H26N2O. The fourth-order valence-corrected chi connectivity index (χ4v) is 2.89. The summed E-state index contributed by atoms with van der Waals surface area (Å²) in [5.74, 6) is 0.234. The predicted molar refractivity (Wildman–Crippen MR) is 87.5 cm³/mol. The van der Waals surface area contributed by atoms with Crippen molar-refractivity contribution in [1.29, 1.82) is 0 Å². The Kier molecular flexibility index (Phi) is 4.40. The lowest BCUT2D eigenvalue weighted by Crippen LogP contribution is -2.44. The highest BCUT2D eigenvalue weighted by molar-refractivity contribution is 6.00. The lowest BCUT2D eigenvalue weighted by atomic mass is 9.84. The summed E-state index contributed by atoms with van der Waals surface area (Å²) in [7, 11) is 0. The molecule has 1 aliphatic heterocycles. The fraction of sp³-hybridized carbons (Fsp3) is 0.500. The predicted octanol–water partition coefficient (Wildman–Crippen LogP) is 3.24. The van der Waals surface area contributed by atoms with Crippen molar-refractivity contribution in [2.75, 3.05) is 0 Å². The van der Waals surface area contributed by atoms with Crippen LogP contribution in [0.1, 0.15) is 51.7 Å². The number of carbonyl (C=O) groups excluding carboxylic acids is 1. The van der Waals surface area contributed by atoms with Crippen LogP contribution in [0, 0.1) is 5.92 Å². The molecule has 0 bridgehead atoms. The maximum Gasteiger partial charge on any atom is 0.246 e. The molecule has 0 atom stereocenters. The second-order valence-electron chi connectivity index (χ2n) is 6.99. The van der Waals surface area contributed by atoms with Gasteiger partial charge in [-0.2, -0.15) is 0 Å². The zero-order chi connectivity index (χ0) is 15.6. The van der Waals surface area contributed by atoms with Crippen LogP contribution in [-0.4, -0.2) is 11.4 Å². The third-order valence-corrected chi connectivity index (χ3v) is 3.95. The molecule has 3 N–H and O–H groups in total. The van der Waals surface area contributed by atoms with Crippen molar-refractivity contribution in [3.05, 3.63) is 41.0 Å². The molecule has 1 aliphatic rings. The highest BCUT2D eigenvalue weighted by Crippen LogP contribution is 2.32. The number of primary amides is 1. The van der Waals surface area contributed by atoms with E-state index in [1.165, 1.54) is 5.56 Å². The number of rotatable bonds is 4. The number of benzene rings is 1. The van der Waals surface area contributed by atoms with Gasteiger partial charge in [-0.15, -0.1) is 0 Å². The Morgan fingerprint density at radius 3 is 2.62 bits per heavy atom. The maximum atomic E-state index is 12.0. The van der Waals surface area contributed by atoms with Crippen molar-refractivity contribution in [2.24, 2.45) is 11.7 Å². The second-order valence-corrected chi connectivity index (χ2v) is 6.99. The number of hydrogen-bond donors (Lipinski definition) is 2. The van der Waals surface area contributed by atoms with Crippen LogP contribution in [0.5, 0.6) is 0 Å². The van der Waals surface area contributed by atoms with Crippen molar-refractivity contribution in [3.8, 4) is 0 Å². The molecule has 0 radical (unpaired) electrons. The van der Waals surface area contributed by atoms with E-state index >= 15 is 0 Å². The van der Waals surface area contributed by atoms with E-state index in [4.69, 9.17) is 5.73 Å². The first-order valence-electron chi connectivity index (χ1n) is 7.69. The molecule has 3 nitrogen and oxygen atoms in total. The molecule has 1 amide bonds. The number of fused-ring (bicyclic) bond motifs is 1. The van der Waals surface area contributed by atoms with E-state index in [1.54, 1.807) is 0 Å². The first-order chi connectivity index (χ1) is 9.80. The second kappa shape index (κ2) is 5.92. The largest absolute Gasteiger partial charge is 0.379 e. The Hall–Kier alpha value is -1.77. The fourth-order valence-electron chi connectivity index (χ4n) is 2.89. The van der Waals surface area contributed by atoms with Crippen LogP contribution in [0.2, 0.25) is 0 Å². The van der Waals surface area contributed by atoms with Crippen LogP contribution in [-0.2, 0) is 11.2 Å². The van der Waals surface area contributed by atoms with Crippen molar-refractivity contribution in [1.82, 2.24) is 5.32 Å². The van der Waals surface area contributed by atoms with Crippen molar-refractivity contribution < 1.29 is 4.79 Å². The average molecular weight is 286 g/mol. The summed E-state index contributed by atoms with van der Waals surface area (Å²) in [6, 6.07) is 8.28. The highest BCUT2D eigenvalue weighted by atomic mass is 16.1. The molecular weight excluding hydrogens is 260 g/mol. The van der Waals surface area contributed by atoms with E-state index in [9.17, 15) is 4.79 Å². The molecule has 3 heteroatoms. The molecule has 0 aromatic heterocycles. The number of nitrogens with one attached hydrogen (secondary N) is 1. The van der Waals surface area contributed by atoms with Gasteiger partial charge in [0.2, 0.25) is 5.91 Å². The van der Waals surface area contributed by atoms with Gasteiger partial charge in [-0.1, -0.05) is 38.1 Å². The summed E-state index contributed by atoms with van der Waals surface area (Å²) in [5, 5.41) is 3.53. The summed E-state index contributed by atoms with van der Waals surface area (Å²) in [4.78, 5) is 12.0. The summed E-state index contributed by atoms with van der Waals surface area (Å²) < 4.78 is 0. The average Bonchev–Trinajstić information content (AvgIpc) is 2.36. The Morgan fingerprint density at radius 2 is 2.00 bits per heavy atom. The molecule has 0 aliphatic carbocycles. The summed E-state index contributed by atoms with van der Waals surface area (Å²) in [6.07, 6.45) is 2.63. The molecule has 114 valence electrons. The molecule has 21 heavy (non-hydrogen) atoms. The minimum absolute atomic E-state index is 0.0672. The van der Waals surface area contributed by atoms with E-state index < -0.39 is 0 Å². The van der Waals surface area contributed by atoms with Crippen molar-refractivity contribution >= 4 is 11.6 Å². The number of hydrogen-bond acceptors (Lipinski definition) is 2. The molecule has 1 aromatic carbocycles. The Labute approximate surface area is 127 Å². The van der Waals surface area contributed by atoms with E-state index in [2.05, 4.69) is 51.2 Å². The minimum Gasteiger partial charge on any atom is -0.379 e. The van der Waals surface area contributed by atoms with Gasteiger partial charge in [-0.25, -0.2) is 0 Å². The van der Waals surface area contributed by atoms with Crippen LogP contribution in [0.15, 0.2) is 29.8 Å². The van der Waals surface area contributed by atoms with Crippen LogP contribution in [0.4, 0.5) is 0 Å². The first-order valence-corrected chi connectivity index (χ1v) is 7.69. The van der Waals surface area contributed by atoms with Gasteiger partial charge in [-0.05, 0) is 44.6 Å². The lowest BCUT2D eigenvalue weighted by Gasteiger charge is -2.36. The minimum atomic E-state index is -0.314. The topological polar surface area (TPSA) is 55.1 Å². The number of carbonyl (C=O) groups is 1. The molecule has 0 saturated carbocycles. The zero-order valence-electron chi connectivity index (χ0n) is 13.5. The van der Waals surface area contributed by atoms with Gasteiger partial charge in [0.05, 0.1) is 5.70 Å². The standard InChI is InChI=1S/C18H26N2O/c1-12(2)9-10-15(17(19)21)16-14-8-6-5-7-13(14)11-18(3,4)20-16/h5-8,12,20H,9-11H2,1-4H3,(H2,19,21). The molecule has 1 heterocycles. The molecule has 1 aromatic rings. The molecule has 2 rings (SSSR count). The van der Waals surface area contributed by atoms with Gasteiger partial charge in [0.1, 0.15) is 0 Å². The monoisotopic (exact) mass is 286 g/mol. The van der Waals surface area contributed by atoms with E-state index in [0.717, 1.165) is 36.1 Å². The van der Waals surface area contributed by atoms with Crippen molar-refractivity contribution in [2.45, 2.75) is 52.5 Å². The first kappa shape index (κ1) is 15.6. The van der Waals surface area contributed by atoms with Crippen molar-refractivity contribution in [3.63, 3.8) is 0 Å². The lowest BCUT2D eigenvalue weighted by molar-refractivity contribution is -0.114. The summed E-state index contributed by atoms with van der Waals surface area (Å²) in [5.41, 5.74) is 9.64. The Morgan fingerprint density at radius 1 is 1.33 bits per heavy atom. The van der Waals surface area contributed by atoms with Crippen LogP contribution < -0.4 is 11.1 Å². The van der Waals surface area contributed by atoms with Gasteiger partial charge in [0.25, 0.3) is 0 Å². The van der Waals surface area contributed by atoms with E-state index in [-0.39, 0.29) is 11.4 Å². The third kappa shape index (κ3) is 3.66. The smallest absolute Gasteiger partial charge is 0.246 e. The zero-order valence-corrected chi connectivity index (χ0v) is 13.5. The molecule has 0 saturated heterocycles. The Bertz CT molecular complexity index is 570. The number of amides is 1. The van der Waals surface area contributed by atoms with Gasteiger partial charge in [0.15, 0.2) is 0 Å². The Balaban J connectivity index is 2.51. The van der Waals surface area contributed by atoms with Crippen LogP contribution >= 0.6 is 0 Å². The SMILES string of the molecule is CC(C)CCC(C(N)=O)=C1NC(C)(C)Cc2ccccc21. The van der Waals surface area contributed by atoms with Gasteiger partial charge in [0, 0.05) is 16.7 Å². The molecule has 0 spiro atoms. The van der Waals surface area contributed by atoms with Gasteiger partial charge in [-0.3, -0.25) is 4.79 Å². The molecule has 0 unspecified atom stereocenters. The third-order valence-electron chi connectivity index (χ3n) is 3.95. The van der Waals surface area contributed by atoms with Crippen LogP contribution in [0.3, 0.4) is 0 Å². The van der Waals surface area contributed by atoms with E-state index in [1.807, 2.05) is 6.07 Å². The van der Waals surface area contributed by atoms with E-state index in [0.29, 0.717) is 5.92 Å². The van der Waals surface area contributed by atoms with Gasteiger partial charge >= 0.3 is 0 Å². The summed E-state index contributed by atoms with van der Waals surface area (Å²) >= 11 is 0.